The van der Waals surface area contributed by atoms with Gasteiger partial charge in [0.2, 0.25) is 0 Å². The lowest BCUT2D eigenvalue weighted by atomic mass is 9.90. The second kappa shape index (κ2) is 4.77. The minimum atomic E-state index is -0.146. The van der Waals surface area contributed by atoms with Gasteiger partial charge in [0.1, 0.15) is 5.82 Å². The highest BCUT2D eigenvalue weighted by Gasteiger charge is 2.31. The van der Waals surface area contributed by atoms with E-state index in [2.05, 4.69) is 25.7 Å². The number of rotatable bonds is 1. The monoisotopic (exact) mass is 235 g/mol. The highest BCUT2D eigenvalue weighted by molar-refractivity contribution is 5.21. The molecule has 0 aliphatic carbocycles. The summed E-state index contributed by atoms with van der Waals surface area (Å²) in [6.45, 7) is 7.92. The van der Waals surface area contributed by atoms with E-state index in [1.165, 1.54) is 24.8 Å². The summed E-state index contributed by atoms with van der Waals surface area (Å²) < 4.78 is 13.0. The maximum atomic E-state index is 13.0. The molecule has 94 valence electrons. The van der Waals surface area contributed by atoms with E-state index in [1.54, 1.807) is 12.1 Å². The Bertz CT molecular complexity index is 364. The van der Waals surface area contributed by atoms with Crippen molar-refractivity contribution in [2.75, 3.05) is 6.54 Å². The van der Waals surface area contributed by atoms with Crippen LogP contribution in [0.15, 0.2) is 24.3 Å². The van der Waals surface area contributed by atoms with Crippen LogP contribution in [-0.2, 0) is 0 Å². The molecule has 1 aliphatic heterocycles. The first kappa shape index (κ1) is 12.6. The fraction of sp³-hybridized carbons (Fsp3) is 0.600. The average Bonchev–Trinajstić information content (AvgIpc) is 2.29. The molecule has 0 bridgehead atoms. The van der Waals surface area contributed by atoms with Crippen molar-refractivity contribution in [3.05, 3.63) is 35.6 Å². The van der Waals surface area contributed by atoms with Crippen LogP contribution < -0.4 is 0 Å². The van der Waals surface area contributed by atoms with Crippen molar-refractivity contribution in [2.24, 2.45) is 0 Å². The van der Waals surface area contributed by atoms with Crippen LogP contribution in [0, 0.1) is 5.82 Å². The van der Waals surface area contributed by atoms with Crippen LogP contribution in [0.1, 0.15) is 51.6 Å². The van der Waals surface area contributed by atoms with E-state index >= 15 is 0 Å². The van der Waals surface area contributed by atoms with Gasteiger partial charge in [-0.3, -0.25) is 4.90 Å². The Morgan fingerprint density at radius 3 is 2.35 bits per heavy atom. The summed E-state index contributed by atoms with van der Waals surface area (Å²) in [7, 11) is 0. The van der Waals surface area contributed by atoms with E-state index in [-0.39, 0.29) is 11.4 Å². The van der Waals surface area contributed by atoms with E-state index in [9.17, 15) is 4.39 Å². The first-order valence-corrected chi connectivity index (χ1v) is 6.51. The molecule has 1 heterocycles. The molecule has 0 N–H and O–H groups in total. The Morgan fingerprint density at radius 1 is 1.12 bits per heavy atom. The standard InChI is InChI=1S/C15H22FN/c1-15(2,3)17-11-5-4-6-14(17)12-7-9-13(16)10-8-12/h7-10,14H,4-6,11H2,1-3H3/t14-/m0/s1. The number of hydrogen-bond donors (Lipinski definition) is 0. The maximum Gasteiger partial charge on any atom is 0.123 e. The zero-order valence-corrected chi connectivity index (χ0v) is 11.0. The normalized spacial score (nSPS) is 22.7. The quantitative estimate of drug-likeness (QED) is 0.706. The summed E-state index contributed by atoms with van der Waals surface area (Å²) in [5.74, 6) is -0.146. The van der Waals surface area contributed by atoms with Gasteiger partial charge in [0.25, 0.3) is 0 Å². The molecule has 0 saturated carbocycles. The molecule has 0 radical (unpaired) electrons. The van der Waals surface area contributed by atoms with Crippen molar-refractivity contribution < 1.29 is 4.39 Å². The van der Waals surface area contributed by atoms with Crippen LogP contribution in [0.3, 0.4) is 0 Å². The van der Waals surface area contributed by atoms with Crippen LogP contribution in [0.2, 0.25) is 0 Å². The van der Waals surface area contributed by atoms with E-state index in [0.29, 0.717) is 6.04 Å². The van der Waals surface area contributed by atoms with Gasteiger partial charge in [0.05, 0.1) is 0 Å². The van der Waals surface area contributed by atoms with Gasteiger partial charge < -0.3 is 0 Å². The van der Waals surface area contributed by atoms with Gasteiger partial charge in [0, 0.05) is 11.6 Å². The first-order valence-electron chi connectivity index (χ1n) is 6.51. The predicted molar refractivity (Wildman–Crippen MR) is 69.5 cm³/mol. The summed E-state index contributed by atoms with van der Waals surface area (Å²) in [5, 5.41) is 0. The van der Waals surface area contributed by atoms with Crippen molar-refractivity contribution in [3.63, 3.8) is 0 Å². The van der Waals surface area contributed by atoms with E-state index in [0.717, 1.165) is 6.54 Å². The van der Waals surface area contributed by atoms with Crippen LogP contribution in [0.4, 0.5) is 4.39 Å². The summed E-state index contributed by atoms with van der Waals surface area (Å²) in [6.07, 6.45) is 3.73. The van der Waals surface area contributed by atoms with E-state index in [4.69, 9.17) is 0 Å². The number of benzene rings is 1. The molecule has 1 fully saturated rings. The third-order valence-corrected chi connectivity index (χ3v) is 3.62. The molecule has 0 spiro atoms. The molecule has 1 aliphatic rings. The molecule has 2 rings (SSSR count). The van der Waals surface area contributed by atoms with Crippen molar-refractivity contribution in [3.8, 4) is 0 Å². The zero-order valence-electron chi connectivity index (χ0n) is 11.0. The molecule has 2 heteroatoms. The highest BCUT2D eigenvalue weighted by atomic mass is 19.1. The second-order valence-corrected chi connectivity index (χ2v) is 5.93. The number of piperidine rings is 1. The first-order chi connectivity index (χ1) is 7.98. The number of halogens is 1. The fourth-order valence-electron chi connectivity index (χ4n) is 2.77. The molecular formula is C15H22FN. The summed E-state index contributed by atoms with van der Waals surface area (Å²) in [6, 6.07) is 7.47. The summed E-state index contributed by atoms with van der Waals surface area (Å²) in [5.41, 5.74) is 1.43. The molecule has 0 amide bonds. The fourth-order valence-corrected chi connectivity index (χ4v) is 2.77. The maximum absolute atomic E-state index is 13.0. The topological polar surface area (TPSA) is 3.24 Å². The molecular weight excluding hydrogens is 213 g/mol. The van der Waals surface area contributed by atoms with Crippen LogP contribution in [0.25, 0.3) is 0 Å². The number of nitrogens with zero attached hydrogens (tertiary/aromatic N) is 1. The van der Waals surface area contributed by atoms with Crippen molar-refractivity contribution in [1.29, 1.82) is 0 Å². The second-order valence-electron chi connectivity index (χ2n) is 5.93. The van der Waals surface area contributed by atoms with Crippen LogP contribution in [-0.4, -0.2) is 17.0 Å². The summed E-state index contributed by atoms with van der Waals surface area (Å²) >= 11 is 0. The Labute approximate surface area is 104 Å². The number of hydrogen-bond acceptors (Lipinski definition) is 1. The minimum Gasteiger partial charge on any atom is -0.291 e. The van der Waals surface area contributed by atoms with Gasteiger partial charge >= 0.3 is 0 Å². The molecule has 1 nitrogen and oxygen atoms in total. The Morgan fingerprint density at radius 2 is 1.76 bits per heavy atom. The van der Waals surface area contributed by atoms with Crippen molar-refractivity contribution >= 4 is 0 Å². The zero-order chi connectivity index (χ0) is 12.5. The molecule has 17 heavy (non-hydrogen) atoms. The van der Waals surface area contributed by atoms with Gasteiger partial charge in [-0.05, 0) is 57.9 Å². The summed E-state index contributed by atoms with van der Waals surface area (Å²) in [4.78, 5) is 2.55. The highest BCUT2D eigenvalue weighted by Crippen LogP contribution is 2.35. The van der Waals surface area contributed by atoms with Gasteiger partial charge in [-0.25, -0.2) is 4.39 Å². The van der Waals surface area contributed by atoms with Crippen molar-refractivity contribution in [2.45, 2.75) is 51.6 Å². The third-order valence-electron chi connectivity index (χ3n) is 3.62. The largest absolute Gasteiger partial charge is 0.291 e. The average molecular weight is 235 g/mol. The molecule has 1 aromatic carbocycles. The van der Waals surface area contributed by atoms with E-state index < -0.39 is 0 Å². The SMILES string of the molecule is CC(C)(C)N1CCCC[C@H]1c1ccc(F)cc1. The predicted octanol–water partition coefficient (Wildman–Crippen LogP) is 4.15. The van der Waals surface area contributed by atoms with Gasteiger partial charge in [-0.15, -0.1) is 0 Å². The van der Waals surface area contributed by atoms with Gasteiger partial charge in [-0.2, -0.15) is 0 Å². The Kier molecular flexibility index (Phi) is 3.53. The molecule has 0 unspecified atom stereocenters. The van der Waals surface area contributed by atoms with E-state index in [1.807, 2.05) is 12.1 Å². The van der Waals surface area contributed by atoms with Gasteiger partial charge in [0.15, 0.2) is 0 Å². The van der Waals surface area contributed by atoms with Crippen molar-refractivity contribution in [1.82, 2.24) is 4.90 Å². The lowest BCUT2D eigenvalue weighted by Gasteiger charge is -2.45. The van der Waals surface area contributed by atoms with Crippen LogP contribution >= 0.6 is 0 Å². The third kappa shape index (κ3) is 2.86. The molecule has 1 aromatic rings. The lowest BCUT2D eigenvalue weighted by Crippen LogP contribution is -2.46. The van der Waals surface area contributed by atoms with Crippen LogP contribution in [0.5, 0.6) is 0 Å². The molecule has 0 aromatic heterocycles. The smallest absolute Gasteiger partial charge is 0.123 e. The Hall–Kier alpha value is -0.890. The molecule has 1 saturated heterocycles. The minimum absolute atomic E-state index is 0.146. The molecule has 1 atom stereocenters. The van der Waals surface area contributed by atoms with Gasteiger partial charge in [-0.1, -0.05) is 18.6 Å². The Balaban J connectivity index is 2.25. The number of likely N-dealkylation sites (tertiary alicyclic amines) is 1. The lowest BCUT2D eigenvalue weighted by molar-refractivity contribution is 0.0509.